The standard InChI is InChI=1S/C13H20N4O2S/c1-13(2,3)16-10(18)8-17(4)11(19)9-20-12-14-6-5-7-15-12/h5-7H,8-9H2,1-4H3,(H,16,18). The zero-order valence-electron chi connectivity index (χ0n) is 12.2. The average molecular weight is 296 g/mol. The average Bonchev–Trinajstić information content (AvgIpc) is 2.34. The van der Waals surface area contributed by atoms with Crippen LogP contribution in [0.1, 0.15) is 20.8 Å². The van der Waals surface area contributed by atoms with Crippen LogP contribution >= 0.6 is 11.8 Å². The predicted octanol–water partition coefficient (Wildman–Crippen LogP) is 0.942. The van der Waals surface area contributed by atoms with Crippen molar-refractivity contribution in [3.8, 4) is 0 Å². The molecule has 0 atom stereocenters. The summed E-state index contributed by atoms with van der Waals surface area (Å²) in [5.41, 5.74) is -0.298. The fourth-order valence-electron chi connectivity index (χ4n) is 1.36. The normalized spacial score (nSPS) is 11.0. The third kappa shape index (κ3) is 6.51. The van der Waals surface area contributed by atoms with Gasteiger partial charge >= 0.3 is 0 Å². The van der Waals surface area contributed by atoms with Crippen LogP contribution in [0, 0.1) is 0 Å². The highest BCUT2D eigenvalue weighted by atomic mass is 32.2. The molecule has 1 heterocycles. The first-order valence-corrected chi connectivity index (χ1v) is 7.21. The second kappa shape index (κ2) is 7.23. The highest BCUT2D eigenvalue weighted by Crippen LogP contribution is 2.11. The van der Waals surface area contributed by atoms with E-state index >= 15 is 0 Å². The fraction of sp³-hybridized carbons (Fsp3) is 0.538. The number of hydrogen-bond donors (Lipinski definition) is 1. The number of amides is 2. The van der Waals surface area contributed by atoms with E-state index in [1.54, 1.807) is 25.5 Å². The minimum atomic E-state index is -0.298. The number of thioether (sulfide) groups is 1. The third-order valence-corrected chi connectivity index (χ3v) is 3.05. The predicted molar refractivity (Wildman–Crippen MR) is 78.3 cm³/mol. The molecule has 0 bridgehead atoms. The van der Waals surface area contributed by atoms with Crippen molar-refractivity contribution in [2.45, 2.75) is 31.5 Å². The van der Waals surface area contributed by atoms with E-state index in [1.165, 1.54) is 16.7 Å². The van der Waals surface area contributed by atoms with Crippen molar-refractivity contribution in [2.24, 2.45) is 0 Å². The number of carbonyl (C=O) groups excluding carboxylic acids is 2. The first-order chi connectivity index (χ1) is 9.28. The summed E-state index contributed by atoms with van der Waals surface area (Å²) in [5, 5.41) is 3.36. The monoisotopic (exact) mass is 296 g/mol. The van der Waals surface area contributed by atoms with E-state index in [4.69, 9.17) is 0 Å². The van der Waals surface area contributed by atoms with Gasteiger partial charge in [-0.05, 0) is 26.8 Å². The number of nitrogens with one attached hydrogen (secondary N) is 1. The molecular weight excluding hydrogens is 276 g/mol. The molecule has 0 saturated heterocycles. The van der Waals surface area contributed by atoms with Gasteiger partial charge < -0.3 is 10.2 Å². The number of aromatic nitrogens is 2. The molecule has 0 aliphatic carbocycles. The summed E-state index contributed by atoms with van der Waals surface area (Å²) in [7, 11) is 1.61. The Bertz CT molecular complexity index is 459. The van der Waals surface area contributed by atoms with Gasteiger partial charge in [0.1, 0.15) is 0 Å². The third-order valence-electron chi connectivity index (χ3n) is 2.19. The molecule has 0 saturated carbocycles. The summed E-state index contributed by atoms with van der Waals surface area (Å²) in [5.74, 6) is -0.0932. The van der Waals surface area contributed by atoms with Crippen molar-refractivity contribution in [3.63, 3.8) is 0 Å². The van der Waals surface area contributed by atoms with Crippen LogP contribution in [0.2, 0.25) is 0 Å². The molecule has 1 rings (SSSR count). The molecule has 0 aromatic carbocycles. The van der Waals surface area contributed by atoms with Gasteiger partial charge in [-0.15, -0.1) is 0 Å². The molecule has 2 amide bonds. The lowest BCUT2D eigenvalue weighted by molar-refractivity contribution is -0.133. The molecule has 0 unspecified atom stereocenters. The van der Waals surface area contributed by atoms with E-state index < -0.39 is 0 Å². The highest BCUT2D eigenvalue weighted by Gasteiger charge is 2.17. The minimum absolute atomic E-state index is 0.0479. The summed E-state index contributed by atoms with van der Waals surface area (Å²) in [6.07, 6.45) is 3.25. The number of nitrogens with zero attached hydrogens (tertiary/aromatic N) is 3. The second-order valence-electron chi connectivity index (χ2n) is 5.37. The molecule has 6 nitrogen and oxygen atoms in total. The molecule has 1 aromatic rings. The van der Waals surface area contributed by atoms with Crippen molar-refractivity contribution in [3.05, 3.63) is 18.5 Å². The summed E-state index contributed by atoms with van der Waals surface area (Å²) in [6.45, 7) is 5.74. The van der Waals surface area contributed by atoms with Crippen molar-refractivity contribution in [1.82, 2.24) is 20.2 Å². The van der Waals surface area contributed by atoms with Crippen LogP contribution in [-0.4, -0.2) is 51.6 Å². The molecule has 0 radical (unpaired) electrons. The van der Waals surface area contributed by atoms with Gasteiger partial charge in [-0.1, -0.05) is 11.8 Å². The van der Waals surface area contributed by atoms with Gasteiger partial charge in [-0.2, -0.15) is 0 Å². The Balaban J connectivity index is 2.38. The zero-order valence-corrected chi connectivity index (χ0v) is 13.0. The Kier molecular flexibility index (Phi) is 5.94. The number of hydrogen-bond acceptors (Lipinski definition) is 5. The number of likely N-dealkylation sites (N-methyl/N-ethyl adjacent to an activating group) is 1. The topological polar surface area (TPSA) is 75.2 Å². The molecule has 7 heteroatoms. The van der Waals surface area contributed by atoms with E-state index in [0.717, 1.165) is 0 Å². The largest absolute Gasteiger partial charge is 0.350 e. The molecule has 0 fully saturated rings. The Labute approximate surface area is 123 Å². The van der Waals surface area contributed by atoms with Crippen LogP contribution in [0.25, 0.3) is 0 Å². The SMILES string of the molecule is CN(CC(=O)NC(C)(C)C)C(=O)CSc1ncccn1. The zero-order chi connectivity index (χ0) is 15.2. The summed E-state index contributed by atoms with van der Waals surface area (Å²) in [4.78, 5) is 33.0. The molecule has 20 heavy (non-hydrogen) atoms. The van der Waals surface area contributed by atoms with Crippen LogP contribution in [0.3, 0.4) is 0 Å². The molecule has 0 aliphatic heterocycles. The summed E-state index contributed by atoms with van der Waals surface area (Å²) >= 11 is 1.25. The molecule has 110 valence electrons. The lowest BCUT2D eigenvalue weighted by atomic mass is 10.1. The van der Waals surface area contributed by atoms with Crippen LogP contribution in [-0.2, 0) is 9.59 Å². The van der Waals surface area contributed by atoms with Gasteiger partial charge in [0.2, 0.25) is 11.8 Å². The summed E-state index contributed by atoms with van der Waals surface area (Å²) < 4.78 is 0. The molecular formula is C13H20N4O2S. The van der Waals surface area contributed by atoms with Gasteiger partial charge in [0.15, 0.2) is 5.16 Å². The molecule has 0 aliphatic rings. The van der Waals surface area contributed by atoms with E-state index in [2.05, 4.69) is 15.3 Å². The smallest absolute Gasteiger partial charge is 0.240 e. The van der Waals surface area contributed by atoms with E-state index in [-0.39, 0.29) is 29.7 Å². The lowest BCUT2D eigenvalue weighted by Crippen LogP contribution is -2.46. The van der Waals surface area contributed by atoms with Crippen molar-refractivity contribution >= 4 is 23.6 Å². The van der Waals surface area contributed by atoms with Gasteiger partial charge in [-0.25, -0.2) is 9.97 Å². The van der Waals surface area contributed by atoms with E-state index in [1.807, 2.05) is 20.8 Å². The first kappa shape index (κ1) is 16.4. The van der Waals surface area contributed by atoms with Crippen molar-refractivity contribution in [1.29, 1.82) is 0 Å². The first-order valence-electron chi connectivity index (χ1n) is 6.23. The van der Waals surface area contributed by atoms with Crippen LogP contribution in [0.4, 0.5) is 0 Å². The highest BCUT2D eigenvalue weighted by molar-refractivity contribution is 7.99. The maximum atomic E-state index is 11.9. The second-order valence-corrected chi connectivity index (χ2v) is 6.31. The van der Waals surface area contributed by atoms with Gasteiger partial charge in [0.25, 0.3) is 0 Å². The lowest BCUT2D eigenvalue weighted by Gasteiger charge is -2.23. The van der Waals surface area contributed by atoms with E-state index in [0.29, 0.717) is 5.16 Å². The number of rotatable bonds is 5. The van der Waals surface area contributed by atoms with Gasteiger partial charge in [0, 0.05) is 25.0 Å². The maximum absolute atomic E-state index is 11.9. The van der Waals surface area contributed by atoms with Crippen molar-refractivity contribution in [2.75, 3.05) is 19.3 Å². The van der Waals surface area contributed by atoms with E-state index in [9.17, 15) is 9.59 Å². The minimum Gasteiger partial charge on any atom is -0.350 e. The molecule has 1 aromatic heterocycles. The van der Waals surface area contributed by atoms with Crippen LogP contribution in [0.15, 0.2) is 23.6 Å². The quantitative estimate of drug-likeness (QED) is 0.646. The molecule has 1 N–H and O–H groups in total. The van der Waals surface area contributed by atoms with Gasteiger partial charge in [-0.3, -0.25) is 9.59 Å². The summed E-state index contributed by atoms with van der Waals surface area (Å²) in [6, 6.07) is 1.72. The Morgan fingerprint density at radius 1 is 1.30 bits per heavy atom. The van der Waals surface area contributed by atoms with Crippen LogP contribution in [0.5, 0.6) is 0 Å². The maximum Gasteiger partial charge on any atom is 0.240 e. The Hall–Kier alpha value is -1.63. The Morgan fingerprint density at radius 3 is 2.45 bits per heavy atom. The van der Waals surface area contributed by atoms with Crippen molar-refractivity contribution < 1.29 is 9.59 Å². The number of carbonyl (C=O) groups is 2. The van der Waals surface area contributed by atoms with Gasteiger partial charge in [0.05, 0.1) is 12.3 Å². The van der Waals surface area contributed by atoms with Crippen LogP contribution < -0.4 is 5.32 Å². The molecule has 0 spiro atoms. The Morgan fingerprint density at radius 2 is 1.90 bits per heavy atom. The fourth-order valence-corrected chi connectivity index (χ4v) is 2.10.